The Morgan fingerprint density at radius 3 is 2.35 bits per heavy atom. The number of fused-ring (bicyclic) bond motifs is 1. The molecule has 0 aliphatic carbocycles. The molecular formula is C19H18O. The first-order valence-corrected chi connectivity index (χ1v) is 6.89. The monoisotopic (exact) mass is 262 g/mol. The lowest BCUT2D eigenvalue weighted by molar-refractivity contribution is 0.222. The Morgan fingerprint density at radius 1 is 0.800 bits per heavy atom. The molecule has 0 aliphatic heterocycles. The average Bonchev–Trinajstić information content (AvgIpc) is 2.49. The quantitative estimate of drug-likeness (QED) is 0.719. The van der Waals surface area contributed by atoms with Crippen LogP contribution in [0.15, 0.2) is 60.7 Å². The van der Waals surface area contributed by atoms with Crippen molar-refractivity contribution in [2.24, 2.45) is 0 Å². The Bertz CT molecular complexity index is 753. The van der Waals surface area contributed by atoms with Gasteiger partial charge in [0.15, 0.2) is 0 Å². The Balaban J connectivity index is 2.12. The molecule has 0 aromatic heterocycles. The van der Waals surface area contributed by atoms with E-state index in [1.807, 2.05) is 30.3 Å². The van der Waals surface area contributed by atoms with Crippen LogP contribution >= 0.6 is 0 Å². The van der Waals surface area contributed by atoms with Gasteiger partial charge in [-0.05, 0) is 46.9 Å². The van der Waals surface area contributed by atoms with E-state index in [9.17, 15) is 5.11 Å². The summed E-state index contributed by atoms with van der Waals surface area (Å²) in [6.07, 6.45) is -0.583. The molecule has 0 amide bonds. The van der Waals surface area contributed by atoms with Crippen molar-refractivity contribution in [3.05, 3.63) is 82.9 Å². The van der Waals surface area contributed by atoms with Crippen molar-refractivity contribution >= 4 is 10.8 Å². The molecule has 1 N–H and O–H groups in total. The smallest absolute Gasteiger partial charge is 0.105 e. The minimum absolute atomic E-state index is 0.583. The maximum Gasteiger partial charge on any atom is 0.105 e. The average molecular weight is 262 g/mol. The molecule has 0 bridgehead atoms. The van der Waals surface area contributed by atoms with Crippen LogP contribution in [0.3, 0.4) is 0 Å². The van der Waals surface area contributed by atoms with Crippen LogP contribution in [0, 0.1) is 13.8 Å². The molecule has 100 valence electrons. The highest BCUT2D eigenvalue weighted by molar-refractivity contribution is 5.86. The summed E-state index contributed by atoms with van der Waals surface area (Å²) in [5.41, 5.74) is 4.37. The molecule has 1 unspecified atom stereocenters. The first kappa shape index (κ1) is 12.9. The number of hydrogen-bond acceptors (Lipinski definition) is 1. The first-order chi connectivity index (χ1) is 9.66. The minimum Gasteiger partial charge on any atom is -0.384 e. The van der Waals surface area contributed by atoms with Crippen molar-refractivity contribution in [3.8, 4) is 0 Å². The summed E-state index contributed by atoms with van der Waals surface area (Å²) in [5.74, 6) is 0. The van der Waals surface area contributed by atoms with Crippen LogP contribution in [0.25, 0.3) is 10.8 Å². The highest BCUT2D eigenvalue weighted by Gasteiger charge is 2.13. The number of rotatable bonds is 2. The van der Waals surface area contributed by atoms with E-state index in [0.29, 0.717) is 0 Å². The SMILES string of the molecule is Cc1ccc(C(O)c2cccc3ccccc23)cc1C. The summed E-state index contributed by atoms with van der Waals surface area (Å²) in [4.78, 5) is 0. The summed E-state index contributed by atoms with van der Waals surface area (Å²) >= 11 is 0. The zero-order valence-electron chi connectivity index (χ0n) is 11.8. The van der Waals surface area contributed by atoms with Gasteiger partial charge in [0.2, 0.25) is 0 Å². The molecule has 20 heavy (non-hydrogen) atoms. The van der Waals surface area contributed by atoms with Crippen LogP contribution in [0.4, 0.5) is 0 Å². The second-order valence-electron chi connectivity index (χ2n) is 5.31. The molecule has 3 aromatic carbocycles. The molecule has 0 saturated heterocycles. The van der Waals surface area contributed by atoms with E-state index >= 15 is 0 Å². The zero-order valence-corrected chi connectivity index (χ0v) is 11.8. The molecule has 0 heterocycles. The fraction of sp³-hybridized carbons (Fsp3) is 0.158. The van der Waals surface area contributed by atoms with Gasteiger partial charge in [0.1, 0.15) is 6.10 Å². The molecule has 0 radical (unpaired) electrons. The van der Waals surface area contributed by atoms with Gasteiger partial charge in [-0.1, -0.05) is 60.7 Å². The number of aliphatic hydroxyl groups is 1. The predicted octanol–water partition coefficient (Wildman–Crippen LogP) is 4.54. The van der Waals surface area contributed by atoms with Crippen LogP contribution in [-0.2, 0) is 0 Å². The number of aliphatic hydroxyl groups excluding tert-OH is 1. The van der Waals surface area contributed by atoms with Crippen molar-refractivity contribution in [1.82, 2.24) is 0 Å². The second kappa shape index (κ2) is 5.10. The van der Waals surface area contributed by atoms with Gasteiger partial charge < -0.3 is 5.11 Å². The molecule has 1 nitrogen and oxygen atoms in total. The van der Waals surface area contributed by atoms with Crippen LogP contribution in [0.1, 0.15) is 28.4 Å². The third kappa shape index (κ3) is 2.21. The van der Waals surface area contributed by atoms with Gasteiger partial charge in [0.05, 0.1) is 0 Å². The number of benzene rings is 3. The van der Waals surface area contributed by atoms with Gasteiger partial charge in [0.25, 0.3) is 0 Å². The first-order valence-electron chi connectivity index (χ1n) is 6.89. The molecule has 0 spiro atoms. The van der Waals surface area contributed by atoms with E-state index in [0.717, 1.165) is 21.9 Å². The zero-order chi connectivity index (χ0) is 14.1. The third-order valence-corrected chi connectivity index (χ3v) is 3.96. The Hall–Kier alpha value is -2.12. The summed E-state index contributed by atoms with van der Waals surface area (Å²) in [6.45, 7) is 4.16. The predicted molar refractivity (Wildman–Crippen MR) is 83.9 cm³/mol. The third-order valence-electron chi connectivity index (χ3n) is 3.96. The van der Waals surface area contributed by atoms with Gasteiger partial charge in [0, 0.05) is 0 Å². The van der Waals surface area contributed by atoms with E-state index in [-0.39, 0.29) is 0 Å². The number of aryl methyl sites for hydroxylation is 2. The van der Waals surface area contributed by atoms with Crippen LogP contribution in [-0.4, -0.2) is 5.11 Å². The van der Waals surface area contributed by atoms with E-state index in [1.54, 1.807) is 0 Å². The highest BCUT2D eigenvalue weighted by atomic mass is 16.3. The molecule has 0 fully saturated rings. The molecule has 3 rings (SSSR count). The Morgan fingerprint density at radius 2 is 1.55 bits per heavy atom. The van der Waals surface area contributed by atoms with Crippen molar-refractivity contribution in [3.63, 3.8) is 0 Å². The fourth-order valence-corrected chi connectivity index (χ4v) is 2.60. The van der Waals surface area contributed by atoms with Crippen LogP contribution in [0.2, 0.25) is 0 Å². The maximum absolute atomic E-state index is 10.7. The molecule has 1 atom stereocenters. The van der Waals surface area contributed by atoms with Gasteiger partial charge in [-0.15, -0.1) is 0 Å². The van der Waals surface area contributed by atoms with Crippen molar-refractivity contribution in [1.29, 1.82) is 0 Å². The summed E-state index contributed by atoms with van der Waals surface area (Å²) < 4.78 is 0. The largest absolute Gasteiger partial charge is 0.384 e. The van der Waals surface area contributed by atoms with E-state index in [2.05, 4.69) is 44.2 Å². The van der Waals surface area contributed by atoms with Gasteiger partial charge in [-0.25, -0.2) is 0 Å². The van der Waals surface area contributed by atoms with Crippen molar-refractivity contribution in [2.45, 2.75) is 20.0 Å². The topological polar surface area (TPSA) is 20.2 Å². The molecule has 0 aliphatic rings. The maximum atomic E-state index is 10.7. The summed E-state index contributed by atoms with van der Waals surface area (Å²) in [5, 5.41) is 13.0. The van der Waals surface area contributed by atoms with Crippen LogP contribution < -0.4 is 0 Å². The highest BCUT2D eigenvalue weighted by Crippen LogP contribution is 2.29. The molecule has 0 saturated carbocycles. The Kier molecular flexibility index (Phi) is 3.29. The Labute approximate surface area is 119 Å². The van der Waals surface area contributed by atoms with Crippen molar-refractivity contribution < 1.29 is 5.11 Å². The lowest BCUT2D eigenvalue weighted by atomic mass is 9.94. The minimum atomic E-state index is -0.583. The lowest BCUT2D eigenvalue weighted by Crippen LogP contribution is -2.01. The van der Waals surface area contributed by atoms with E-state index in [1.165, 1.54) is 11.1 Å². The van der Waals surface area contributed by atoms with Crippen molar-refractivity contribution in [2.75, 3.05) is 0 Å². The second-order valence-corrected chi connectivity index (χ2v) is 5.31. The van der Waals surface area contributed by atoms with E-state index < -0.39 is 6.10 Å². The summed E-state index contributed by atoms with van der Waals surface area (Å²) in [6, 6.07) is 20.4. The van der Waals surface area contributed by atoms with E-state index in [4.69, 9.17) is 0 Å². The van der Waals surface area contributed by atoms with Gasteiger partial charge >= 0.3 is 0 Å². The number of hydrogen-bond donors (Lipinski definition) is 1. The fourth-order valence-electron chi connectivity index (χ4n) is 2.60. The standard InChI is InChI=1S/C19H18O/c1-13-10-11-16(12-14(13)2)19(20)18-9-5-7-15-6-3-4-8-17(15)18/h3-12,19-20H,1-2H3. The van der Waals surface area contributed by atoms with Crippen LogP contribution in [0.5, 0.6) is 0 Å². The normalized spacial score (nSPS) is 12.6. The summed E-state index contributed by atoms with van der Waals surface area (Å²) in [7, 11) is 0. The molecule has 1 heteroatoms. The molecule has 3 aromatic rings. The lowest BCUT2D eigenvalue weighted by Gasteiger charge is -2.15. The van der Waals surface area contributed by atoms with Gasteiger partial charge in [-0.3, -0.25) is 0 Å². The van der Waals surface area contributed by atoms with Gasteiger partial charge in [-0.2, -0.15) is 0 Å². The molecular weight excluding hydrogens is 244 g/mol.